The third-order valence-electron chi connectivity index (χ3n) is 4.56. The molecule has 128 valence electrons. The van der Waals surface area contributed by atoms with Crippen molar-refractivity contribution in [1.82, 2.24) is 0 Å². The fourth-order valence-electron chi connectivity index (χ4n) is 2.87. The van der Waals surface area contributed by atoms with Crippen LogP contribution < -0.4 is 0 Å². The average molecular weight is 317 g/mol. The van der Waals surface area contributed by atoms with Crippen molar-refractivity contribution in [3.8, 4) is 0 Å². The molecule has 1 heteroatoms. The maximum absolute atomic E-state index is 6.27. The second kappa shape index (κ2) is 16.7. The molecular weight excluding hydrogens is 276 g/mol. The number of unbranched alkanes of at least 4 members (excludes halogenated alkanes) is 13. The van der Waals surface area contributed by atoms with E-state index in [-0.39, 0.29) is 0 Å². The molecule has 0 saturated carbocycles. The second-order valence-corrected chi connectivity index (χ2v) is 7.71. The number of alkyl halides is 1. The maximum Gasteiger partial charge on any atom is 0.0359 e. The number of rotatable bonds is 16. The van der Waals surface area contributed by atoms with Gasteiger partial charge in [0.05, 0.1) is 0 Å². The average Bonchev–Trinajstić information content (AvgIpc) is 2.47. The highest BCUT2D eigenvalue weighted by Crippen LogP contribution is 2.18. The summed E-state index contributed by atoms with van der Waals surface area (Å²) in [7, 11) is 0. The van der Waals surface area contributed by atoms with Crippen LogP contribution in [-0.2, 0) is 0 Å². The van der Waals surface area contributed by atoms with Crippen molar-refractivity contribution < 1.29 is 0 Å². The smallest absolute Gasteiger partial charge is 0.0359 e. The Morgan fingerprint density at radius 1 is 0.571 bits per heavy atom. The number of halogens is 1. The lowest BCUT2D eigenvalue weighted by Gasteiger charge is -2.12. The topological polar surface area (TPSA) is 0 Å². The lowest BCUT2D eigenvalue weighted by Crippen LogP contribution is -2.06. The van der Waals surface area contributed by atoms with Gasteiger partial charge in [0.15, 0.2) is 0 Å². The summed E-state index contributed by atoms with van der Waals surface area (Å²) in [5.74, 6) is 0.633. The van der Waals surface area contributed by atoms with Crippen molar-refractivity contribution in [2.24, 2.45) is 5.92 Å². The molecule has 0 fully saturated rings. The van der Waals surface area contributed by atoms with Crippen molar-refractivity contribution >= 4 is 11.6 Å². The van der Waals surface area contributed by atoms with E-state index in [0.717, 1.165) is 0 Å². The van der Waals surface area contributed by atoms with Crippen LogP contribution in [0.5, 0.6) is 0 Å². The lowest BCUT2D eigenvalue weighted by molar-refractivity contribution is 0.507. The molecule has 0 aromatic carbocycles. The lowest BCUT2D eigenvalue weighted by atomic mass is 10.0. The van der Waals surface area contributed by atoms with Crippen LogP contribution in [-0.4, -0.2) is 5.38 Å². The van der Waals surface area contributed by atoms with Gasteiger partial charge in [0, 0.05) is 5.38 Å². The van der Waals surface area contributed by atoms with Crippen molar-refractivity contribution in [1.29, 1.82) is 0 Å². The van der Waals surface area contributed by atoms with Gasteiger partial charge in [-0.1, -0.05) is 111 Å². The minimum absolute atomic E-state index is 0.391. The molecule has 1 atom stereocenters. The van der Waals surface area contributed by atoms with Gasteiger partial charge in [-0.05, 0) is 12.3 Å². The van der Waals surface area contributed by atoms with Gasteiger partial charge in [0.25, 0.3) is 0 Å². The van der Waals surface area contributed by atoms with Gasteiger partial charge >= 0.3 is 0 Å². The summed E-state index contributed by atoms with van der Waals surface area (Å²) in [6, 6.07) is 0. The predicted octanol–water partition coefficient (Wildman–Crippen LogP) is 8.12. The van der Waals surface area contributed by atoms with E-state index in [1.54, 1.807) is 0 Å². The Morgan fingerprint density at radius 3 is 1.24 bits per heavy atom. The van der Waals surface area contributed by atoms with E-state index >= 15 is 0 Å². The van der Waals surface area contributed by atoms with E-state index < -0.39 is 0 Å². The summed E-state index contributed by atoms with van der Waals surface area (Å²) in [5.41, 5.74) is 0. The monoisotopic (exact) mass is 316 g/mol. The van der Waals surface area contributed by atoms with Crippen LogP contribution in [0.2, 0.25) is 0 Å². The Kier molecular flexibility index (Phi) is 16.9. The van der Waals surface area contributed by atoms with Crippen LogP contribution in [0.3, 0.4) is 0 Å². The molecule has 0 aromatic rings. The zero-order valence-electron chi connectivity index (χ0n) is 15.1. The summed E-state index contributed by atoms with van der Waals surface area (Å²) < 4.78 is 0. The van der Waals surface area contributed by atoms with Gasteiger partial charge in [-0.2, -0.15) is 0 Å². The van der Waals surface area contributed by atoms with Crippen LogP contribution in [0.15, 0.2) is 0 Å². The Labute approximate surface area is 140 Å². The first-order valence-electron chi connectivity index (χ1n) is 9.82. The molecule has 0 aromatic heterocycles. The van der Waals surface area contributed by atoms with E-state index in [1.807, 2.05) is 0 Å². The van der Waals surface area contributed by atoms with Crippen LogP contribution in [0.4, 0.5) is 0 Å². The van der Waals surface area contributed by atoms with E-state index in [9.17, 15) is 0 Å². The van der Waals surface area contributed by atoms with E-state index in [0.29, 0.717) is 11.3 Å². The van der Waals surface area contributed by atoms with Gasteiger partial charge in [-0.15, -0.1) is 11.6 Å². The summed E-state index contributed by atoms with van der Waals surface area (Å²) in [5, 5.41) is 0.391. The molecule has 1 unspecified atom stereocenters. The molecule has 0 aliphatic carbocycles. The van der Waals surface area contributed by atoms with Crippen LogP contribution in [0, 0.1) is 5.92 Å². The Bertz CT molecular complexity index is 188. The highest BCUT2D eigenvalue weighted by atomic mass is 35.5. The maximum atomic E-state index is 6.27. The molecule has 0 N–H and O–H groups in total. The third-order valence-corrected chi connectivity index (χ3v) is 5.28. The van der Waals surface area contributed by atoms with Gasteiger partial charge in [-0.25, -0.2) is 0 Å². The molecule has 0 bridgehead atoms. The van der Waals surface area contributed by atoms with E-state index in [4.69, 9.17) is 11.6 Å². The van der Waals surface area contributed by atoms with Crippen molar-refractivity contribution in [3.63, 3.8) is 0 Å². The first-order valence-corrected chi connectivity index (χ1v) is 10.3. The Hall–Kier alpha value is 0.290. The molecule has 0 radical (unpaired) electrons. The molecule has 0 aliphatic heterocycles. The fraction of sp³-hybridized carbons (Fsp3) is 1.00. The highest BCUT2D eigenvalue weighted by Gasteiger charge is 2.08. The van der Waals surface area contributed by atoms with Crippen molar-refractivity contribution in [2.45, 2.75) is 122 Å². The molecular formula is C20H41Cl. The largest absolute Gasteiger partial charge is 0.123 e. The quantitative estimate of drug-likeness (QED) is 0.199. The number of hydrogen-bond acceptors (Lipinski definition) is 0. The fourth-order valence-corrected chi connectivity index (χ4v) is 3.02. The molecule has 0 nitrogen and oxygen atoms in total. The van der Waals surface area contributed by atoms with E-state index in [2.05, 4.69) is 20.8 Å². The summed E-state index contributed by atoms with van der Waals surface area (Å²) in [6.07, 6.45) is 21.2. The van der Waals surface area contributed by atoms with Gasteiger partial charge in [-0.3, -0.25) is 0 Å². The zero-order chi connectivity index (χ0) is 15.8. The molecule has 0 aliphatic rings. The standard InChI is InChI=1S/C20H41Cl/c1-4-5-6-7-8-9-10-11-12-13-14-15-16-17-18-20(21)19(2)3/h19-20H,4-18H2,1-3H3. The minimum Gasteiger partial charge on any atom is -0.123 e. The van der Waals surface area contributed by atoms with Crippen molar-refractivity contribution in [3.05, 3.63) is 0 Å². The van der Waals surface area contributed by atoms with Crippen molar-refractivity contribution in [2.75, 3.05) is 0 Å². The van der Waals surface area contributed by atoms with Gasteiger partial charge in [0.1, 0.15) is 0 Å². The molecule has 0 saturated heterocycles. The van der Waals surface area contributed by atoms with Crippen LogP contribution >= 0.6 is 11.6 Å². The molecule has 0 heterocycles. The van der Waals surface area contributed by atoms with Gasteiger partial charge < -0.3 is 0 Å². The normalized spacial score (nSPS) is 13.0. The third kappa shape index (κ3) is 16.5. The summed E-state index contributed by atoms with van der Waals surface area (Å²) in [4.78, 5) is 0. The first kappa shape index (κ1) is 21.3. The zero-order valence-corrected chi connectivity index (χ0v) is 15.9. The number of hydrogen-bond donors (Lipinski definition) is 0. The Morgan fingerprint density at radius 2 is 0.905 bits per heavy atom. The Balaban J connectivity index is 3.03. The molecule has 0 rings (SSSR count). The summed E-state index contributed by atoms with van der Waals surface area (Å²) in [6.45, 7) is 6.74. The molecule has 21 heavy (non-hydrogen) atoms. The highest BCUT2D eigenvalue weighted by molar-refractivity contribution is 6.20. The van der Waals surface area contributed by atoms with Crippen LogP contribution in [0.25, 0.3) is 0 Å². The van der Waals surface area contributed by atoms with Gasteiger partial charge in [0.2, 0.25) is 0 Å². The van der Waals surface area contributed by atoms with E-state index in [1.165, 1.54) is 96.3 Å². The SMILES string of the molecule is CCCCCCCCCCCCCCCCC(Cl)C(C)C. The summed E-state index contributed by atoms with van der Waals surface area (Å²) >= 11 is 6.27. The molecule has 0 spiro atoms. The minimum atomic E-state index is 0.391. The van der Waals surface area contributed by atoms with Crippen LogP contribution in [0.1, 0.15) is 117 Å². The molecule has 0 amide bonds. The predicted molar refractivity (Wildman–Crippen MR) is 99.4 cm³/mol. The second-order valence-electron chi connectivity index (χ2n) is 7.14. The first-order chi connectivity index (χ1) is 10.2.